The molecule has 0 heterocycles. The Morgan fingerprint density at radius 1 is 1.12 bits per heavy atom. The molecule has 0 amide bonds. The standard InChI is InChI=1S/C12H28N2O2S/c1-5-12(6-2,11-13)14(7-3)9-10-17(15,16)8-4/h5-11,13H2,1-4H3. The number of likely N-dealkylation sites (N-methyl/N-ethyl adjacent to an activating group) is 1. The van der Waals surface area contributed by atoms with Crippen LogP contribution in [0.3, 0.4) is 0 Å². The maximum Gasteiger partial charge on any atom is 0.151 e. The number of rotatable bonds is 9. The molecule has 0 atom stereocenters. The molecule has 104 valence electrons. The van der Waals surface area contributed by atoms with Gasteiger partial charge in [-0.25, -0.2) is 8.42 Å². The highest BCUT2D eigenvalue weighted by Gasteiger charge is 2.31. The van der Waals surface area contributed by atoms with E-state index in [0.717, 1.165) is 19.4 Å². The van der Waals surface area contributed by atoms with Crippen molar-refractivity contribution in [3.05, 3.63) is 0 Å². The van der Waals surface area contributed by atoms with Crippen LogP contribution in [0.4, 0.5) is 0 Å². The van der Waals surface area contributed by atoms with Gasteiger partial charge in [0.25, 0.3) is 0 Å². The fraction of sp³-hybridized carbons (Fsp3) is 1.00. The van der Waals surface area contributed by atoms with Gasteiger partial charge in [0.15, 0.2) is 9.84 Å². The van der Waals surface area contributed by atoms with E-state index >= 15 is 0 Å². The lowest BCUT2D eigenvalue weighted by molar-refractivity contribution is 0.0980. The van der Waals surface area contributed by atoms with Gasteiger partial charge >= 0.3 is 0 Å². The molecule has 0 aliphatic heterocycles. The Morgan fingerprint density at radius 2 is 1.65 bits per heavy atom. The molecule has 0 aliphatic rings. The molecule has 0 saturated carbocycles. The van der Waals surface area contributed by atoms with Gasteiger partial charge in [-0.15, -0.1) is 0 Å². The summed E-state index contributed by atoms with van der Waals surface area (Å²) < 4.78 is 23.1. The molecular weight excluding hydrogens is 236 g/mol. The second-order valence-electron chi connectivity index (χ2n) is 4.45. The molecule has 0 spiro atoms. The lowest BCUT2D eigenvalue weighted by Gasteiger charge is -2.42. The van der Waals surface area contributed by atoms with Gasteiger partial charge in [0.05, 0.1) is 5.75 Å². The predicted octanol–water partition coefficient (Wildman–Crippen LogP) is 1.26. The Bertz CT molecular complexity index is 289. The first kappa shape index (κ1) is 16.9. The van der Waals surface area contributed by atoms with Crippen molar-refractivity contribution in [2.45, 2.75) is 46.1 Å². The van der Waals surface area contributed by atoms with Crippen LogP contribution in [0.5, 0.6) is 0 Å². The molecule has 17 heavy (non-hydrogen) atoms. The Morgan fingerprint density at radius 3 is 1.94 bits per heavy atom. The van der Waals surface area contributed by atoms with Crippen LogP contribution >= 0.6 is 0 Å². The van der Waals surface area contributed by atoms with E-state index in [2.05, 4.69) is 25.7 Å². The molecule has 0 aromatic carbocycles. The van der Waals surface area contributed by atoms with Crippen molar-refractivity contribution >= 4 is 9.84 Å². The van der Waals surface area contributed by atoms with Crippen LogP contribution in [-0.2, 0) is 9.84 Å². The van der Waals surface area contributed by atoms with Gasteiger partial charge in [-0.2, -0.15) is 0 Å². The summed E-state index contributed by atoms with van der Waals surface area (Å²) in [7, 11) is -2.89. The zero-order chi connectivity index (χ0) is 13.5. The number of nitrogens with two attached hydrogens (primary N) is 1. The minimum atomic E-state index is -2.89. The van der Waals surface area contributed by atoms with Crippen molar-refractivity contribution in [1.82, 2.24) is 4.90 Å². The monoisotopic (exact) mass is 264 g/mol. The molecule has 0 aliphatic carbocycles. The number of hydrogen-bond donors (Lipinski definition) is 1. The molecule has 0 bridgehead atoms. The van der Waals surface area contributed by atoms with Crippen molar-refractivity contribution in [2.75, 3.05) is 31.1 Å². The van der Waals surface area contributed by atoms with Crippen LogP contribution in [0.1, 0.15) is 40.5 Å². The van der Waals surface area contributed by atoms with Crippen molar-refractivity contribution in [3.63, 3.8) is 0 Å². The summed E-state index contributed by atoms with van der Waals surface area (Å²) in [4.78, 5) is 2.22. The third-order valence-corrected chi connectivity index (χ3v) is 5.55. The summed E-state index contributed by atoms with van der Waals surface area (Å²) in [6.07, 6.45) is 1.92. The molecule has 0 radical (unpaired) electrons. The Labute approximate surface area is 106 Å². The zero-order valence-corrected chi connectivity index (χ0v) is 12.5. The first-order valence-corrected chi connectivity index (χ1v) is 8.39. The molecule has 5 heteroatoms. The smallest absolute Gasteiger partial charge is 0.151 e. The first-order chi connectivity index (χ1) is 7.91. The first-order valence-electron chi connectivity index (χ1n) is 6.56. The highest BCUT2D eigenvalue weighted by Crippen LogP contribution is 2.22. The lowest BCUT2D eigenvalue weighted by Crippen LogP contribution is -2.54. The quantitative estimate of drug-likeness (QED) is 0.681. The van der Waals surface area contributed by atoms with Crippen LogP contribution in [0.15, 0.2) is 0 Å². The van der Waals surface area contributed by atoms with Crippen molar-refractivity contribution in [2.24, 2.45) is 5.73 Å². The average Bonchev–Trinajstić information content (AvgIpc) is 2.35. The van der Waals surface area contributed by atoms with Crippen molar-refractivity contribution in [3.8, 4) is 0 Å². The maximum atomic E-state index is 11.6. The van der Waals surface area contributed by atoms with Gasteiger partial charge in [-0.3, -0.25) is 4.90 Å². The summed E-state index contributed by atoms with van der Waals surface area (Å²) in [6, 6.07) is 0. The lowest BCUT2D eigenvalue weighted by atomic mass is 9.90. The molecule has 0 saturated heterocycles. The summed E-state index contributed by atoms with van der Waals surface area (Å²) in [5, 5.41) is 0. The topological polar surface area (TPSA) is 63.4 Å². The van der Waals surface area contributed by atoms with Crippen LogP contribution in [-0.4, -0.2) is 50.0 Å². The largest absolute Gasteiger partial charge is 0.329 e. The van der Waals surface area contributed by atoms with Gasteiger partial charge in [0, 0.05) is 24.4 Å². The van der Waals surface area contributed by atoms with Gasteiger partial charge < -0.3 is 5.73 Å². The Balaban J connectivity index is 4.72. The number of nitrogens with zero attached hydrogens (tertiary/aromatic N) is 1. The molecule has 0 aromatic rings. The second-order valence-corrected chi connectivity index (χ2v) is 6.92. The summed E-state index contributed by atoms with van der Waals surface area (Å²) in [5.74, 6) is 0.456. The molecule has 0 unspecified atom stereocenters. The van der Waals surface area contributed by atoms with E-state index in [4.69, 9.17) is 5.73 Å². The van der Waals surface area contributed by atoms with Gasteiger partial charge in [0.1, 0.15) is 0 Å². The minimum Gasteiger partial charge on any atom is -0.329 e. The normalized spacial score (nSPS) is 13.3. The van der Waals surface area contributed by atoms with Crippen molar-refractivity contribution < 1.29 is 8.42 Å². The molecule has 2 N–H and O–H groups in total. The van der Waals surface area contributed by atoms with Gasteiger partial charge in [-0.05, 0) is 19.4 Å². The van der Waals surface area contributed by atoms with Gasteiger partial charge in [-0.1, -0.05) is 27.7 Å². The van der Waals surface area contributed by atoms with E-state index in [9.17, 15) is 8.42 Å². The average molecular weight is 264 g/mol. The van der Waals surface area contributed by atoms with E-state index in [1.54, 1.807) is 6.92 Å². The number of sulfone groups is 1. The van der Waals surface area contributed by atoms with E-state index in [1.807, 2.05) is 0 Å². The predicted molar refractivity (Wildman–Crippen MR) is 73.9 cm³/mol. The Hall–Kier alpha value is -0.130. The van der Waals surface area contributed by atoms with Crippen LogP contribution in [0, 0.1) is 0 Å². The Kier molecular flexibility index (Phi) is 7.28. The maximum absolute atomic E-state index is 11.6. The minimum absolute atomic E-state index is 0.0436. The molecule has 0 aromatic heterocycles. The third-order valence-electron chi connectivity index (χ3n) is 3.86. The molecule has 4 nitrogen and oxygen atoms in total. The third kappa shape index (κ3) is 4.56. The SMILES string of the molecule is CCN(CCS(=O)(=O)CC)C(CC)(CC)CN. The van der Waals surface area contributed by atoms with E-state index < -0.39 is 9.84 Å². The van der Waals surface area contributed by atoms with Crippen LogP contribution in [0.2, 0.25) is 0 Å². The van der Waals surface area contributed by atoms with Crippen LogP contribution in [0.25, 0.3) is 0 Å². The number of hydrogen-bond acceptors (Lipinski definition) is 4. The fourth-order valence-electron chi connectivity index (χ4n) is 2.24. The zero-order valence-electron chi connectivity index (χ0n) is 11.7. The highest BCUT2D eigenvalue weighted by atomic mass is 32.2. The summed E-state index contributed by atoms with van der Waals surface area (Å²) in [6.45, 7) is 10.0. The highest BCUT2D eigenvalue weighted by molar-refractivity contribution is 7.91. The van der Waals surface area contributed by atoms with Crippen molar-refractivity contribution in [1.29, 1.82) is 0 Å². The summed E-state index contributed by atoms with van der Waals surface area (Å²) in [5.41, 5.74) is 5.84. The second kappa shape index (κ2) is 7.34. The van der Waals surface area contributed by atoms with Crippen LogP contribution < -0.4 is 5.73 Å². The summed E-state index contributed by atoms with van der Waals surface area (Å²) >= 11 is 0. The molecule has 0 fully saturated rings. The van der Waals surface area contributed by atoms with Gasteiger partial charge in [0.2, 0.25) is 0 Å². The molecule has 0 rings (SSSR count). The fourth-order valence-corrected chi connectivity index (χ4v) is 3.03. The van der Waals surface area contributed by atoms with E-state index in [1.165, 1.54) is 0 Å². The van der Waals surface area contributed by atoms with E-state index in [0.29, 0.717) is 13.1 Å². The molecular formula is C12H28N2O2S. The van der Waals surface area contributed by atoms with E-state index in [-0.39, 0.29) is 17.0 Å².